The van der Waals surface area contributed by atoms with E-state index in [-0.39, 0.29) is 5.41 Å². The Morgan fingerprint density at radius 2 is 1.22 bits per heavy atom. The van der Waals surface area contributed by atoms with Crippen LogP contribution < -0.4 is 21.1 Å². The molecule has 60 heavy (non-hydrogen) atoms. The molecule has 0 amide bonds. The van der Waals surface area contributed by atoms with Crippen LogP contribution in [0, 0.1) is 6.92 Å². The van der Waals surface area contributed by atoms with Crippen molar-refractivity contribution in [2.75, 3.05) is 10.2 Å². The first-order valence-electron chi connectivity index (χ1n) is 20.9. The SMILES string of the molecule is Cc1ccc(Nc2ccc(N(c3ccccc3)c3ccccc3)cc2-c2cc(-c3ccccc3)c3c4c5ccccc5cc5c4n4c3c2[B]c2cccc(c2-4)C5(C)C)cc1. The second-order valence-electron chi connectivity index (χ2n) is 16.9. The fraction of sp³-hybridized carbons (Fsp3) is 0.0714. The van der Waals surface area contributed by atoms with Crippen molar-refractivity contribution < 1.29 is 0 Å². The maximum absolute atomic E-state index is 3.89. The Labute approximate surface area is 351 Å². The minimum absolute atomic E-state index is 0.198. The lowest BCUT2D eigenvalue weighted by Gasteiger charge is -2.38. The van der Waals surface area contributed by atoms with Crippen LogP contribution in [0.3, 0.4) is 0 Å². The molecule has 0 saturated heterocycles. The van der Waals surface area contributed by atoms with Crippen molar-refractivity contribution in [1.29, 1.82) is 0 Å². The number of aromatic nitrogens is 1. The van der Waals surface area contributed by atoms with Crippen LogP contribution in [0.25, 0.3) is 60.5 Å². The van der Waals surface area contributed by atoms with Gasteiger partial charge in [0.15, 0.2) is 7.28 Å². The first-order valence-corrected chi connectivity index (χ1v) is 20.9. The number of hydrogen-bond acceptors (Lipinski definition) is 2. The average molecular weight is 767 g/mol. The molecular formula is C56H41BN3. The highest BCUT2D eigenvalue weighted by atomic mass is 15.1. The van der Waals surface area contributed by atoms with Crippen LogP contribution >= 0.6 is 0 Å². The Morgan fingerprint density at radius 1 is 0.533 bits per heavy atom. The highest BCUT2D eigenvalue weighted by Gasteiger charge is 2.40. The summed E-state index contributed by atoms with van der Waals surface area (Å²) >= 11 is 0. The van der Waals surface area contributed by atoms with Crippen LogP contribution in [0.4, 0.5) is 28.4 Å². The van der Waals surface area contributed by atoms with Gasteiger partial charge in [-0.25, -0.2) is 0 Å². The van der Waals surface area contributed by atoms with Gasteiger partial charge in [0.05, 0.1) is 5.52 Å². The van der Waals surface area contributed by atoms with Gasteiger partial charge in [0.2, 0.25) is 0 Å². The topological polar surface area (TPSA) is 20.2 Å². The molecule has 1 aromatic heterocycles. The van der Waals surface area contributed by atoms with E-state index in [1.807, 2.05) is 0 Å². The predicted molar refractivity (Wildman–Crippen MR) is 255 cm³/mol. The van der Waals surface area contributed by atoms with Crippen LogP contribution in [0.1, 0.15) is 30.5 Å². The molecule has 3 heterocycles. The van der Waals surface area contributed by atoms with Crippen molar-refractivity contribution in [2.24, 2.45) is 0 Å². The largest absolute Gasteiger partial charge is 0.355 e. The summed E-state index contributed by atoms with van der Waals surface area (Å²) in [5.74, 6) is 0. The number of rotatable bonds is 7. The Kier molecular flexibility index (Phi) is 7.58. The van der Waals surface area contributed by atoms with Gasteiger partial charge in [-0.15, -0.1) is 0 Å². The third-order valence-corrected chi connectivity index (χ3v) is 13.0. The van der Waals surface area contributed by atoms with E-state index in [4.69, 9.17) is 0 Å². The molecule has 0 aliphatic carbocycles. The number of para-hydroxylation sites is 3. The van der Waals surface area contributed by atoms with Gasteiger partial charge in [-0.05, 0) is 118 Å². The highest BCUT2D eigenvalue weighted by Crippen LogP contribution is 2.52. The van der Waals surface area contributed by atoms with Gasteiger partial charge in [-0.1, -0.05) is 146 Å². The molecule has 1 N–H and O–H groups in total. The Morgan fingerprint density at radius 3 is 1.95 bits per heavy atom. The molecule has 283 valence electrons. The molecule has 2 aliphatic heterocycles. The molecule has 0 atom stereocenters. The van der Waals surface area contributed by atoms with Crippen LogP contribution in [-0.2, 0) is 5.41 Å². The number of hydrogen-bond donors (Lipinski definition) is 1. The van der Waals surface area contributed by atoms with Gasteiger partial charge in [-0.2, -0.15) is 0 Å². The summed E-state index contributed by atoms with van der Waals surface area (Å²) in [6.45, 7) is 6.96. The molecule has 0 bridgehead atoms. The van der Waals surface area contributed by atoms with Crippen molar-refractivity contribution in [1.82, 2.24) is 4.57 Å². The minimum Gasteiger partial charge on any atom is -0.355 e. The number of benzene rings is 9. The zero-order valence-corrected chi connectivity index (χ0v) is 33.9. The number of nitrogens with zero attached hydrogens (tertiary/aromatic N) is 2. The monoisotopic (exact) mass is 766 g/mol. The van der Waals surface area contributed by atoms with E-state index in [0.29, 0.717) is 0 Å². The summed E-state index contributed by atoms with van der Waals surface area (Å²) in [5.41, 5.74) is 20.3. The first-order chi connectivity index (χ1) is 29.4. The number of aryl methyl sites for hydroxylation is 1. The molecular weight excluding hydrogens is 725 g/mol. The van der Waals surface area contributed by atoms with Crippen molar-refractivity contribution >= 4 is 79.2 Å². The molecule has 0 fully saturated rings. The second kappa shape index (κ2) is 13.1. The van der Waals surface area contributed by atoms with Gasteiger partial charge in [0, 0.05) is 61.4 Å². The zero-order valence-electron chi connectivity index (χ0n) is 33.9. The maximum atomic E-state index is 3.89. The molecule has 9 aromatic carbocycles. The number of anilines is 5. The Bertz CT molecular complexity index is 3290. The summed E-state index contributed by atoms with van der Waals surface area (Å²) in [5, 5.41) is 9.10. The van der Waals surface area contributed by atoms with E-state index in [9.17, 15) is 0 Å². The Hall–Kier alpha value is -7.30. The molecule has 10 aromatic rings. The third kappa shape index (κ3) is 5.10. The predicted octanol–water partition coefficient (Wildman–Crippen LogP) is 13.4. The molecule has 1 radical (unpaired) electrons. The third-order valence-electron chi connectivity index (χ3n) is 13.0. The van der Waals surface area contributed by atoms with E-state index in [2.05, 4.69) is 231 Å². The molecule has 3 nitrogen and oxygen atoms in total. The lowest BCUT2D eigenvalue weighted by Crippen LogP contribution is -2.41. The van der Waals surface area contributed by atoms with Gasteiger partial charge in [0.25, 0.3) is 0 Å². The molecule has 0 saturated carbocycles. The summed E-state index contributed by atoms with van der Waals surface area (Å²) in [7, 11) is 2.47. The van der Waals surface area contributed by atoms with E-state index in [1.165, 1.54) is 82.6 Å². The van der Waals surface area contributed by atoms with E-state index < -0.39 is 0 Å². The summed E-state index contributed by atoms with van der Waals surface area (Å²) < 4.78 is 2.64. The standard InChI is InChI=1S/C56H41BN3/c1-35-26-28-38(29-27-35)58-49-31-30-41(59(39-19-9-5-10-20-39)40-21-11-6-12-22-40)33-44(49)45-34-43(36-16-7-4-8-17-36)51-50-42-23-14-13-18-37(42)32-47-54(50)60-53-46(56(47,2)3)24-15-25-48(53)57-52(45)55(51)60/h4-34,58H,1-3H3. The van der Waals surface area contributed by atoms with Gasteiger partial charge >= 0.3 is 0 Å². The Balaban J connectivity index is 1.24. The molecule has 4 heteroatoms. The van der Waals surface area contributed by atoms with Crippen LogP contribution in [0.15, 0.2) is 188 Å². The number of nitrogens with one attached hydrogen (secondary N) is 1. The summed E-state index contributed by atoms with van der Waals surface area (Å²) in [6.07, 6.45) is 0. The fourth-order valence-electron chi connectivity index (χ4n) is 10.1. The van der Waals surface area contributed by atoms with Crippen molar-refractivity contribution in [3.05, 3.63) is 205 Å². The van der Waals surface area contributed by atoms with Crippen molar-refractivity contribution in [3.8, 4) is 27.9 Å². The van der Waals surface area contributed by atoms with Gasteiger partial charge in [0.1, 0.15) is 0 Å². The van der Waals surface area contributed by atoms with Crippen LogP contribution in [0.5, 0.6) is 0 Å². The first kappa shape index (κ1) is 34.7. The summed E-state index contributed by atoms with van der Waals surface area (Å²) in [6, 6.07) is 68.9. The minimum atomic E-state index is -0.198. The van der Waals surface area contributed by atoms with Gasteiger partial charge < -0.3 is 14.8 Å². The maximum Gasteiger partial charge on any atom is 0.197 e. The van der Waals surface area contributed by atoms with Crippen LogP contribution in [-0.4, -0.2) is 11.8 Å². The molecule has 2 aliphatic rings. The van der Waals surface area contributed by atoms with E-state index in [0.717, 1.165) is 34.0 Å². The quantitative estimate of drug-likeness (QED) is 0.163. The normalized spacial score (nSPS) is 13.2. The smallest absolute Gasteiger partial charge is 0.197 e. The molecule has 12 rings (SSSR count). The van der Waals surface area contributed by atoms with Crippen molar-refractivity contribution in [2.45, 2.75) is 26.2 Å². The van der Waals surface area contributed by atoms with Crippen LogP contribution in [0.2, 0.25) is 0 Å². The van der Waals surface area contributed by atoms with Crippen molar-refractivity contribution in [3.63, 3.8) is 0 Å². The van der Waals surface area contributed by atoms with Gasteiger partial charge in [-0.3, -0.25) is 0 Å². The zero-order chi connectivity index (χ0) is 40.1. The fourth-order valence-corrected chi connectivity index (χ4v) is 10.1. The average Bonchev–Trinajstić information content (AvgIpc) is 3.65. The molecule has 0 unspecified atom stereocenters. The van der Waals surface area contributed by atoms with E-state index in [1.54, 1.807) is 0 Å². The molecule has 0 spiro atoms. The van der Waals surface area contributed by atoms with E-state index >= 15 is 0 Å². The summed E-state index contributed by atoms with van der Waals surface area (Å²) in [4.78, 5) is 2.36. The lowest BCUT2D eigenvalue weighted by atomic mass is 9.57. The number of fused-ring (bicyclic) bond motifs is 3. The highest BCUT2D eigenvalue weighted by molar-refractivity contribution is 6.74. The second-order valence-corrected chi connectivity index (χ2v) is 16.9. The lowest BCUT2D eigenvalue weighted by molar-refractivity contribution is 0.632.